The van der Waals surface area contributed by atoms with Crippen LogP contribution in [0.4, 0.5) is 0 Å². The van der Waals surface area contributed by atoms with Gasteiger partial charge in [0.2, 0.25) is 0 Å². The molecule has 0 aliphatic rings. The molecule has 0 rings (SSSR count). The van der Waals surface area contributed by atoms with Gasteiger partial charge in [-0.05, 0) is 25.8 Å². The number of ether oxygens (including phenoxy) is 2. The molecule has 2 N–H and O–H groups in total. The van der Waals surface area contributed by atoms with Crippen molar-refractivity contribution < 1.29 is 28.2 Å². The number of esters is 2. The van der Waals surface area contributed by atoms with Crippen LogP contribution >= 0.6 is 8.69 Å². The summed E-state index contributed by atoms with van der Waals surface area (Å²) in [5.74, 6) is -0.632. The number of carbonyl (C=O) groups is 2. The molecule has 0 aromatic heterocycles. The molecule has 8 heteroatoms. The van der Waals surface area contributed by atoms with Crippen LogP contribution in [0, 0.1) is 0 Å². The Hall–Kier alpha value is -1.04. The van der Waals surface area contributed by atoms with Gasteiger partial charge in [0, 0.05) is 12.8 Å². The third-order valence-electron chi connectivity index (χ3n) is 5.86. The zero-order valence-electron chi connectivity index (χ0n) is 21.6. The number of hydrogen-bond acceptors (Lipinski definition) is 7. The van der Waals surface area contributed by atoms with Gasteiger partial charge in [-0.1, -0.05) is 96.8 Å². The van der Waals surface area contributed by atoms with Crippen molar-refractivity contribution in [3.63, 3.8) is 0 Å². The van der Waals surface area contributed by atoms with Crippen LogP contribution in [0.15, 0.2) is 0 Å². The molecule has 0 aliphatic carbocycles. The first-order valence-corrected chi connectivity index (χ1v) is 14.4. The molecular weight excluding hydrogens is 453 g/mol. The van der Waals surface area contributed by atoms with Crippen molar-refractivity contribution in [2.75, 3.05) is 19.8 Å². The highest BCUT2D eigenvalue weighted by molar-refractivity contribution is 7.17. The van der Waals surface area contributed by atoms with Crippen LogP contribution in [0.25, 0.3) is 0 Å². The van der Waals surface area contributed by atoms with E-state index in [1.54, 1.807) is 0 Å². The van der Waals surface area contributed by atoms with Crippen LogP contribution in [0.3, 0.4) is 0 Å². The summed E-state index contributed by atoms with van der Waals surface area (Å²) in [5, 5.41) is 0. The number of hydrogen-bond donors (Lipinski definition) is 1. The summed E-state index contributed by atoms with van der Waals surface area (Å²) in [4.78, 5) is 24.1. The first-order valence-electron chi connectivity index (χ1n) is 13.6. The van der Waals surface area contributed by atoms with Crippen molar-refractivity contribution in [1.82, 2.24) is 0 Å². The van der Waals surface area contributed by atoms with Crippen molar-refractivity contribution in [1.29, 1.82) is 0 Å². The smallest absolute Gasteiger partial charge is 0.327 e. The van der Waals surface area contributed by atoms with Crippen molar-refractivity contribution in [2.24, 2.45) is 5.73 Å². The molecule has 0 saturated heterocycles. The van der Waals surface area contributed by atoms with E-state index in [1.165, 1.54) is 64.2 Å². The Labute approximate surface area is 209 Å². The van der Waals surface area contributed by atoms with Gasteiger partial charge in [0.25, 0.3) is 0 Å². The zero-order valence-corrected chi connectivity index (χ0v) is 22.5. The summed E-state index contributed by atoms with van der Waals surface area (Å²) < 4.78 is 26.0. The van der Waals surface area contributed by atoms with E-state index in [-0.39, 0.29) is 25.2 Å². The second kappa shape index (κ2) is 26.6. The predicted octanol–water partition coefficient (Wildman–Crippen LogP) is 7.06. The van der Waals surface area contributed by atoms with Crippen LogP contribution in [-0.2, 0) is 28.2 Å². The SMILES string of the molecule is CCCCCCCCC(=O)O[C@@H](COP=O)COC(=O)CCCCCCCCCCCCCN. The largest absolute Gasteiger partial charge is 0.462 e. The number of unbranched alkanes of at least 4 members (excludes halogenated alkanes) is 15. The van der Waals surface area contributed by atoms with E-state index in [0.717, 1.165) is 51.5 Å². The van der Waals surface area contributed by atoms with E-state index in [4.69, 9.17) is 19.7 Å². The fraction of sp³-hybridized carbons (Fsp3) is 0.923. The number of nitrogens with two attached hydrogens (primary N) is 1. The molecule has 0 fully saturated rings. The molecule has 0 aromatic carbocycles. The molecule has 1 atom stereocenters. The van der Waals surface area contributed by atoms with E-state index in [9.17, 15) is 14.2 Å². The summed E-state index contributed by atoms with van der Waals surface area (Å²) in [5.41, 5.74) is 5.50. The average molecular weight is 504 g/mol. The van der Waals surface area contributed by atoms with Crippen LogP contribution in [0.2, 0.25) is 0 Å². The lowest BCUT2D eigenvalue weighted by atomic mass is 10.1. The maximum atomic E-state index is 12.0. The lowest BCUT2D eigenvalue weighted by Crippen LogP contribution is -2.28. The zero-order chi connectivity index (χ0) is 25.1. The van der Waals surface area contributed by atoms with Gasteiger partial charge in [-0.15, -0.1) is 0 Å². The quantitative estimate of drug-likeness (QED) is 0.0765. The monoisotopic (exact) mass is 503 g/mol. The van der Waals surface area contributed by atoms with Gasteiger partial charge in [0.15, 0.2) is 6.10 Å². The number of rotatable bonds is 26. The van der Waals surface area contributed by atoms with Gasteiger partial charge in [0.1, 0.15) is 13.2 Å². The summed E-state index contributed by atoms with van der Waals surface area (Å²) in [6.07, 6.45) is 19.5. The van der Waals surface area contributed by atoms with Gasteiger partial charge in [-0.2, -0.15) is 0 Å². The van der Waals surface area contributed by atoms with Crippen molar-refractivity contribution in [3.8, 4) is 0 Å². The lowest BCUT2D eigenvalue weighted by Gasteiger charge is -2.16. The van der Waals surface area contributed by atoms with E-state index < -0.39 is 14.8 Å². The summed E-state index contributed by atoms with van der Waals surface area (Å²) >= 11 is 0. The highest BCUT2D eigenvalue weighted by Crippen LogP contribution is 2.13. The number of carbonyl (C=O) groups excluding carboxylic acids is 2. The second-order valence-corrected chi connectivity index (χ2v) is 9.52. The van der Waals surface area contributed by atoms with Crippen molar-refractivity contribution in [2.45, 2.75) is 135 Å². The Balaban J connectivity index is 3.79. The molecule has 0 heterocycles. The molecule has 0 unspecified atom stereocenters. The lowest BCUT2D eigenvalue weighted by molar-refractivity contribution is -0.160. The van der Waals surface area contributed by atoms with Crippen LogP contribution in [0.5, 0.6) is 0 Å². The molecule has 0 amide bonds. The molecular formula is C26H50NO6P. The molecule has 0 radical (unpaired) electrons. The fourth-order valence-electron chi connectivity index (χ4n) is 3.79. The third kappa shape index (κ3) is 24.1. The van der Waals surface area contributed by atoms with Crippen LogP contribution in [0.1, 0.15) is 129 Å². The van der Waals surface area contributed by atoms with E-state index >= 15 is 0 Å². The Morgan fingerprint density at radius 3 is 1.65 bits per heavy atom. The minimum atomic E-state index is -0.728. The topological polar surface area (TPSA) is 105 Å². The van der Waals surface area contributed by atoms with Crippen molar-refractivity contribution >= 4 is 20.6 Å². The summed E-state index contributed by atoms with van der Waals surface area (Å²) in [6, 6.07) is 0. The van der Waals surface area contributed by atoms with Crippen LogP contribution < -0.4 is 5.73 Å². The minimum absolute atomic E-state index is 0.0619. The minimum Gasteiger partial charge on any atom is -0.462 e. The van der Waals surface area contributed by atoms with Gasteiger partial charge in [-0.3, -0.25) is 14.1 Å². The first-order chi connectivity index (χ1) is 16.6. The molecule has 0 aromatic rings. The Morgan fingerprint density at radius 2 is 1.15 bits per heavy atom. The van der Waals surface area contributed by atoms with E-state index in [1.807, 2.05) is 0 Å². The second-order valence-electron chi connectivity index (χ2n) is 9.11. The molecule has 0 aliphatic heterocycles. The van der Waals surface area contributed by atoms with E-state index in [2.05, 4.69) is 6.92 Å². The first kappa shape index (κ1) is 33.0. The third-order valence-corrected chi connectivity index (χ3v) is 6.12. The molecule has 7 nitrogen and oxygen atoms in total. The van der Waals surface area contributed by atoms with E-state index in [0.29, 0.717) is 12.8 Å². The van der Waals surface area contributed by atoms with Gasteiger partial charge < -0.3 is 15.2 Å². The highest BCUT2D eigenvalue weighted by Gasteiger charge is 2.17. The van der Waals surface area contributed by atoms with Gasteiger partial charge in [0.05, 0.1) is 0 Å². The molecule has 34 heavy (non-hydrogen) atoms. The standard InChI is InChI=1S/C26H50NO6P/c1-2-3-4-5-13-17-20-26(29)33-24(23-32-34-30)22-31-25(28)19-16-14-11-9-7-6-8-10-12-15-18-21-27/h24H,2-23,27H2,1H3/t24-/m1/s1. The van der Waals surface area contributed by atoms with Gasteiger partial charge >= 0.3 is 20.6 Å². The van der Waals surface area contributed by atoms with Gasteiger partial charge in [-0.25, -0.2) is 4.57 Å². The molecule has 0 bridgehead atoms. The maximum absolute atomic E-state index is 12.0. The molecule has 0 saturated carbocycles. The van der Waals surface area contributed by atoms with Crippen molar-refractivity contribution in [3.05, 3.63) is 0 Å². The molecule has 200 valence electrons. The Kier molecular flexibility index (Phi) is 25.8. The Morgan fingerprint density at radius 1 is 0.676 bits per heavy atom. The summed E-state index contributed by atoms with van der Waals surface area (Å²) in [7, 11) is -0.488. The highest BCUT2D eigenvalue weighted by atomic mass is 31.1. The molecule has 0 spiro atoms. The normalized spacial score (nSPS) is 12.1. The Bertz CT molecular complexity index is 492. The van der Waals surface area contributed by atoms with Crippen LogP contribution in [-0.4, -0.2) is 37.8 Å². The summed E-state index contributed by atoms with van der Waals surface area (Å²) in [6.45, 7) is 2.84. The fourth-order valence-corrected chi connectivity index (χ4v) is 4.01. The predicted molar refractivity (Wildman–Crippen MR) is 137 cm³/mol. The maximum Gasteiger partial charge on any atom is 0.327 e. The average Bonchev–Trinajstić information content (AvgIpc) is 2.83.